The van der Waals surface area contributed by atoms with Gasteiger partial charge >= 0.3 is 0 Å². The highest BCUT2D eigenvalue weighted by Crippen LogP contribution is 2.29. The van der Waals surface area contributed by atoms with Gasteiger partial charge in [-0.1, -0.05) is 25.8 Å². The van der Waals surface area contributed by atoms with E-state index in [2.05, 4.69) is 4.72 Å². The highest BCUT2D eigenvalue weighted by Gasteiger charge is 2.35. The van der Waals surface area contributed by atoms with Crippen molar-refractivity contribution in [2.45, 2.75) is 50.0 Å². The van der Waals surface area contributed by atoms with E-state index in [1.165, 1.54) is 21.9 Å². The Morgan fingerprint density at radius 2 is 1.84 bits per heavy atom. The van der Waals surface area contributed by atoms with Crippen molar-refractivity contribution in [3.8, 4) is 0 Å². The Kier molecular flexibility index (Phi) is 7.86. The molecule has 3 N–H and O–H groups in total. The maximum Gasteiger partial charge on any atom is 0.253 e. The average molecular weight is 467 g/mol. The van der Waals surface area contributed by atoms with Crippen LogP contribution in [0.4, 0.5) is 5.69 Å². The number of benzene rings is 1. The van der Waals surface area contributed by atoms with Gasteiger partial charge in [-0.25, -0.2) is 8.42 Å². The Balaban J connectivity index is 1.92. The van der Waals surface area contributed by atoms with Crippen molar-refractivity contribution in [3.05, 3.63) is 23.8 Å². The van der Waals surface area contributed by atoms with Crippen molar-refractivity contribution in [2.75, 3.05) is 37.7 Å². The topological polar surface area (TPSA) is 139 Å². The van der Waals surface area contributed by atoms with Crippen LogP contribution in [0.15, 0.2) is 23.1 Å². The standard InChI is InChI=1S/C21H30N4O6S/c1-2-15-16(25-12-13-31-14-18(25)26)8-7-9-17(15)32(29,30)23-19(20(22)27)21(28)24-10-5-3-4-6-11-24/h7-9,19,23H,2-6,10-14H2,1H3,(H2,22,27)/t19-/m0/s1. The maximum atomic E-state index is 13.3. The van der Waals surface area contributed by atoms with Gasteiger partial charge in [-0.05, 0) is 37.0 Å². The van der Waals surface area contributed by atoms with Crippen LogP contribution in [0.1, 0.15) is 38.2 Å². The van der Waals surface area contributed by atoms with Crippen LogP contribution in [0.2, 0.25) is 0 Å². The van der Waals surface area contributed by atoms with Gasteiger partial charge in [-0.3, -0.25) is 14.4 Å². The number of rotatable bonds is 7. The fraction of sp³-hybridized carbons (Fsp3) is 0.571. The summed E-state index contributed by atoms with van der Waals surface area (Å²) in [6, 6.07) is 2.90. The third-order valence-electron chi connectivity index (χ3n) is 5.75. The number of nitrogens with zero attached hydrogens (tertiary/aromatic N) is 2. The molecule has 11 heteroatoms. The van der Waals surface area contributed by atoms with Crippen molar-refractivity contribution >= 4 is 33.4 Å². The molecule has 0 aliphatic carbocycles. The molecule has 3 rings (SSSR count). The largest absolute Gasteiger partial charge is 0.370 e. The zero-order valence-electron chi connectivity index (χ0n) is 18.2. The predicted molar refractivity (Wildman–Crippen MR) is 117 cm³/mol. The molecule has 10 nitrogen and oxygen atoms in total. The molecule has 0 bridgehead atoms. The second-order valence-electron chi connectivity index (χ2n) is 7.90. The molecule has 176 valence electrons. The lowest BCUT2D eigenvalue weighted by Crippen LogP contribution is -2.55. The maximum absolute atomic E-state index is 13.3. The highest BCUT2D eigenvalue weighted by molar-refractivity contribution is 7.89. The van der Waals surface area contributed by atoms with Gasteiger partial charge in [0.2, 0.25) is 21.8 Å². The van der Waals surface area contributed by atoms with E-state index in [0.717, 1.165) is 25.7 Å². The fourth-order valence-electron chi connectivity index (χ4n) is 4.11. The number of nitrogens with two attached hydrogens (primary N) is 1. The van der Waals surface area contributed by atoms with Crippen molar-refractivity contribution in [3.63, 3.8) is 0 Å². The first kappa shape index (κ1) is 24.1. The third kappa shape index (κ3) is 5.28. The Morgan fingerprint density at radius 3 is 2.44 bits per heavy atom. The van der Waals surface area contributed by atoms with E-state index in [4.69, 9.17) is 10.5 Å². The van der Waals surface area contributed by atoms with Crippen LogP contribution in [0.5, 0.6) is 0 Å². The summed E-state index contributed by atoms with van der Waals surface area (Å²) in [5, 5.41) is 0. The first-order chi connectivity index (χ1) is 15.3. The van der Waals surface area contributed by atoms with Crippen LogP contribution < -0.4 is 15.4 Å². The molecule has 1 aromatic rings. The van der Waals surface area contributed by atoms with Crippen LogP contribution in [0.3, 0.4) is 0 Å². The van der Waals surface area contributed by atoms with E-state index in [1.54, 1.807) is 13.0 Å². The molecule has 1 atom stereocenters. The lowest BCUT2D eigenvalue weighted by molar-refractivity contribution is -0.137. The highest BCUT2D eigenvalue weighted by atomic mass is 32.2. The Morgan fingerprint density at radius 1 is 1.16 bits per heavy atom. The van der Waals surface area contributed by atoms with Crippen LogP contribution in [0.25, 0.3) is 0 Å². The molecule has 0 unspecified atom stereocenters. The molecule has 2 fully saturated rings. The summed E-state index contributed by atoms with van der Waals surface area (Å²) in [7, 11) is -4.29. The molecular weight excluding hydrogens is 436 g/mol. The number of primary amides is 1. The molecule has 2 aliphatic heterocycles. The van der Waals surface area contributed by atoms with E-state index in [-0.39, 0.29) is 17.4 Å². The lowest BCUT2D eigenvalue weighted by Gasteiger charge is -2.29. The number of amides is 3. The molecule has 0 radical (unpaired) electrons. The third-order valence-corrected chi connectivity index (χ3v) is 7.26. The summed E-state index contributed by atoms with van der Waals surface area (Å²) in [4.78, 5) is 40.2. The van der Waals surface area contributed by atoms with Crippen molar-refractivity contribution < 1.29 is 27.5 Å². The van der Waals surface area contributed by atoms with Gasteiger partial charge in [0, 0.05) is 25.3 Å². The van der Waals surface area contributed by atoms with Gasteiger partial charge in [-0.2, -0.15) is 4.72 Å². The minimum atomic E-state index is -4.29. The Bertz CT molecular complexity index is 973. The SMILES string of the molecule is CCc1c(N2CCOCC2=O)cccc1S(=O)(=O)N[C@@H](C(N)=O)C(=O)N1CCCCCC1. The summed E-state index contributed by atoms with van der Waals surface area (Å²) in [5.74, 6) is -1.96. The lowest BCUT2D eigenvalue weighted by atomic mass is 10.1. The minimum absolute atomic E-state index is 0.0769. The number of ether oxygens (including phenoxy) is 1. The second-order valence-corrected chi connectivity index (χ2v) is 9.58. The molecule has 32 heavy (non-hydrogen) atoms. The fourth-order valence-corrected chi connectivity index (χ4v) is 5.59. The molecular formula is C21H30N4O6S. The van der Waals surface area contributed by atoms with Crippen molar-refractivity contribution in [1.82, 2.24) is 9.62 Å². The number of nitrogens with one attached hydrogen (secondary N) is 1. The number of hydrogen-bond acceptors (Lipinski definition) is 6. The quantitative estimate of drug-likeness (QED) is 0.548. The van der Waals surface area contributed by atoms with Crippen LogP contribution in [0, 0.1) is 0 Å². The van der Waals surface area contributed by atoms with E-state index >= 15 is 0 Å². The first-order valence-electron chi connectivity index (χ1n) is 10.9. The molecule has 1 aromatic carbocycles. The average Bonchev–Trinajstić information content (AvgIpc) is 3.06. The molecule has 3 amide bonds. The number of likely N-dealkylation sites (tertiary alicyclic amines) is 1. The Labute approximate surface area is 188 Å². The molecule has 0 aromatic heterocycles. The molecule has 2 saturated heterocycles. The number of carbonyl (C=O) groups is 3. The van der Waals surface area contributed by atoms with Gasteiger partial charge in [0.05, 0.1) is 11.5 Å². The summed E-state index contributed by atoms with van der Waals surface area (Å²) in [6.07, 6.45) is 3.85. The normalized spacial score (nSPS) is 18.8. The molecule has 2 aliphatic rings. The number of sulfonamides is 1. The molecule has 2 heterocycles. The minimum Gasteiger partial charge on any atom is -0.370 e. The van der Waals surface area contributed by atoms with Crippen LogP contribution >= 0.6 is 0 Å². The summed E-state index contributed by atoms with van der Waals surface area (Å²) in [5.41, 5.74) is 6.31. The van der Waals surface area contributed by atoms with Crippen LogP contribution in [-0.4, -0.2) is 69.9 Å². The number of anilines is 1. The van der Waals surface area contributed by atoms with Gasteiger partial charge in [-0.15, -0.1) is 0 Å². The van der Waals surface area contributed by atoms with Gasteiger partial charge in [0.15, 0.2) is 6.04 Å². The van der Waals surface area contributed by atoms with E-state index in [1.807, 2.05) is 0 Å². The summed E-state index contributed by atoms with van der Waals surface area (Å²) < 4.78 is 33.9. The Hall–Kier alpha value is -2.50. The van der Waals surface area contributed by atoms with Crippen LogP contribution in [-0.2, 0) is 35.6 Å². The number of morpholine rings is 1. The van der Waals surface area contributed by atoms with Gasteiger partial charge < -0.3 is 20.3 Å². The van der Waals surface area contributed by atoms with E-state index in [0.29, 0.717) is 43.9 Å². The monoisotopic (exact) mass is 466 g/mol. The van der Waals surface area contributed by atoms with Crippen molar-refractivity contribution in [1.29, 1.82) is 0 Å². The zero-order valence-corrected chi connectivity index (χ0v) is 19.0. The number of hydrogen-bond donors (Lipinski definition) is 2. The number of carbonyl (C=O) groups excluding carboxylic acids is 3. The van der Waals surface area contributed by atoms with E-state index < -0.39 is 27.9 Å². The zero-order chi connectivity index (χ0) is 23.3. The summed E-state index contributed by atoms with van der Waals surface area (Å²) in [6.45, 7) is 3.26. The van der Waals surface area contributed by atoms with Crippen molar-refractivity contribution in [2.24, 2.45) is 5.73 Å². The summed E-state index contributed by atoms with van der Waals surface area (Å²) >= 11 is 0. The van der Waals surface area contributed by atoms with Gasteiger partial charge in [0.1, 0.15) is 6.61 Å². The molecule has 0 saturated carbocycles. The predicted octanol–water partition coefficient (Wildman–Crippen LogP) is 0.147. The smallest absolute Gasteiger partial charge is 0.253 e. The van der Waals surface area contributed by atoms with Gasteiger partial charge in [0.25, 0.3) is 5.91 Å². The first-order valence-corrected chi connectivity index (χ1v) is 12.3. The second kappa shape index (κ2) is 10.4. The molecule has 0 spiro atoms. The van der Waals surface area contributed by atoms with E-state index in [9.17, 15) is 22.8 Å².